The number of rotatable bonds is 7. The van der Waals surface area contributed by atoms with Gasteiger partial charge in [0.05, 0.1) is 15.8 Å². The van der Waals surface area contributed by atoms with Crippen LogP contribution in [0.2, 0.25) is 0 Å². The maximum atomic E-state index is 13.4. The van der Waals surface area contributed by atoms with Crippen LogP contribution < -0.4 is 21.3 Å². The summed E-state index contributed by atoms with van der Waals surface area (Å²) in [5.74, 6) is -0.235. The number of nitrogens with zero attached hydrogens (tertiary/aromatic N) is 2. The predicted octanol–water partition coefficient (Wildman–Crippen LogP) is 3.02. The summed E-state index contributed by atoms with van der Waals surface area (Å²) in [7, 11) is -1.43. The molecule has 3 aromatic carbocycles. The monoisotopic (exact) mass is 520 g/mol. The minimum atomic E-state index is -4.25. The summed E-state index contributed by atoms with van der Waals surface area (Å²) in [6.45, 7) is 4.13. The first-order chi connectivity index (χ1) is 17.5. The van der Waals surface area contributed by atoms with E-state index in [0.29, 0.717) is 22.7 Å². The quantitative estimate of drug-likeness (QED) is 0.388. The number of anilines is 1. The van der Waals surface area contributed by atoms with Crippen LogP contribution in [0.4, 0.5) is 5.69 Å². The second kappa shape index (κ2) is 10.2. The second-order valence-electron chi connectivity index (χ2n) is 9.12. The van der Waals surface area contributed by atoms with E-state index in [-0.39, 0.29) is 10.3 Å². The van der Waals surface area contributed by atoms with Gasteiger partial charge in [0.15, 0.2) is 0 Å². The summed E-state index contributed by atoms with van der Waals surface area (Å²) in [5, 5.41) is 2.85. The van der Waals surface area contributed by atoms with Crippen LogP contribution in [0, 0.1) is 0 Å². The van der Waals surface area contributed by atoms with Crippen LogP contribution in [0.15, 0.2) is 87.3 Å². The van der Waals surface area contributed by atoms with E-state index >= 15 is 0 Å². The van der Waals surface area contributed by atoms with Gasteiger partial charge >= 0.3 is 5.69 Å². The standard InChI is InChI=1S/C27H28N4O5S/c1-17(2)18-10-12-20(13-11-18)28-25(32)24(19-8-6-5-7-9-19)29-37(35,36)21-14-15-23-22(16-21)26(33)31(4)27(34)30(23)3/h5-17,24,29H,1-4H3,(H,28,32). The van der Waals surface area contributed by atoms with Crippen LogP contribution >= 0.6 is 0 Å². The molecule has 1 unspecified atom stereocenters. The Bertz CT molecular complexity index is 1690. The highest BCUT2D eigenvalue weighted by Gasteiger charge is 2.28. The zero-order valence-corrected chi connectivity index (χ0v) is 21.7. The minimum absolute atomic E-state index is 0.0680. The molecular weight excluding hydrogens is 492 g/mol. The van der Waals surface area contributed by atoms with Gasteiger partial charge < -0.3 is 5.32 Å². The number of amides is 1. The fourth-order valence-electron chi connectivity index (χ4n) is 4.05. The van der Waals surface area contributed by atoms with Crippen molar-refractivity contribution in [2.24, 2.45) is 14.1 Å². The number of carbonyl (C=O) groups is 1. The molecule has 192 valence electrons. The van der Waals surface area contributed by atoms with E-state index in [0.717, 1.165) is 10.1 Å². The summed E-state index contributed by atoms with van der Waals surface area (Å²) in [4.78, 5) is 38.0. The number of nitrogens with one attached hydrogen (secondary N) is 2. The molecule has 0 fully saturated rings. The minimum Gasteiger partial charge on any atom is -0.324 e. The summed E-state index contributed by atoms with van der Waals surface area (Å²) in [6, 6.07) is 18.5. The van der Waals surface area contributed by atoms with Gasteiger partial charge in [0.1, 0.15) is 6.04 Å². The number of aryl methyl sites for hydroxylation is 1. The predicted molar refractivity (Wildman–Crippen MR) is 143 cm³/mol. The van der Waals surface area contributed by atoms with E-state index in [9.17, 15) is 22.8 Å². The van der Waals surface area contributed by atoms with Gasteiger partial charge in [-0.1, -0.05) is 56.3 Å². The third kappa shape index (κ3) is 5.25. The number of hydrogen-bond acceptors (Lipinski definition) is 5. The van der Waals surface area contributed by atoms with Crippen LogP contribution in [0.1, 0.15) is 36.9 Å². The first kappa shape index (κ1) is 26.1. The zero-order valence-electron chi connectivity index (χ0n) is 20.9. The lowest BCUT2D eigenvalue weighted by atomic mass is 10.0. The van der Waals surface area contributed by atoms with Crippen molar-refractivity contribution in [1.82, 2.24) is 13.9 Å². The first-order valence-corrected chi connectivity index (χ1v) is 13.2. The summed E-state index contributed by atoms with van der Waals surface area (Å²) in [5.41, 5.74) is 1.25. The van der Waals surface area contributed by atoms with Crippen molar-refractivity contribution in [3.8, 4) is 0 Å². The number of fused-ring (bicyclic) bond motifs is 1. The Morgan fingerprint density at radius 1 is 0.838 bits per heavy atom. The molecule has 1 heterocycles. The highest BCUT2D eigenvalue weighted by molar-refractivity contribution is 7.89. The Hall–Kier alpha value is -4.02. The lowest BCUT2D eigenvalue weighted by molar-refractivity contribution is -0.117. The zero-order chi connectivity index (χ0) is 26.9. The van der Waals surface area contributed by atoms with Gasteiger partial charge in [0.2, 0.25) is 15.9 Å². The maximum absolute atomic E-state index is 13.4. The van der Waals surface area contributed by atoms with Crippen LogP contribution in [0.3, 0.4) is 0 Å². The molecule has 10 heteroatoms. The van der Waals surface area contributed by atoms with Gasteiger partial charge in [-0.25, -0.2) is 13.2 Å². The molecular formula is C27H28N4O5S. The highest BCUT2D eigenvalue weighted by Crippen LogP contribution is 2.23. The van der Waals surface area contributed by atoms with Crippen molar-refractivity contribution >= 4 is 32.5 Å². The molecule has 1 amide bonds. The maximum Gasteiger partial charge on any atom is 0.330 e. The SMILES string of the molecule is CC(C)c1ccc(NC(=O)C(NS(=O)(=O)c2ccc3c(c2)c(=O)n(C)c(=O)n3C)c2ccccc2)cc1. The number of benzene rings is 3. The molecule has 0 spiro atoms. The molecule has 4 aromatic rings. The second-order valence-corrected chi connectivity index (χ2v) is 10.8. The lowest BCUT2D eigenvalue weighted by Gasteiger charge is -2.19. The van der Waals surface area contributed by atoms with E-state index in [2.05, 4.69) is 23.9 Å². The molecule has 0 aliphatic rings. The van der Waals surface area contributed by atoms with E-state index < -0.39 is 33.2 Å². The average molecular weight is 521 g/mol. The lowest BCUT2D eigenvalue weighted by Crippen LogP contribution is -2.38. The molecule has 0 bridgehead atoms. The van der Waals surface area contributed by atoms with Gasteiger partial charge in [-0.15, -0.1) is 0 Å². The van der Waals surface area contributed by atoms with Crippen molar-refractivity contribution in [3.05, 3.63) is 105 Å². The van der Waals surface area contributed by atoms with E-state index in [1.165, 1.54) is 36.9 Å². The van der Waals surface area contributed by atoms with Crippen LogP contribution in [-0.2, 0) is 28.9 Å². The summed E-state index contributed by atoms with van der Waals surface area (Å²) in [6.07, 6.45) is 0. The van der Waals surface area contributed by atoms with Crippen molar-refractivity contribution in [2.45, 2.75) is 30.7 Å². The normalized spacial score (nSPS) is 12.6. The fraction of sp³-hybridized carbons (Fsp3) is 0.222. The molecule has 0 radical (unpaired) electrons. The Labute approximate surface area is 214 Å². The van der Waals surface area contributed by atoms with Crippen molar-refractivity contribution in [3.63, 3.8) is 0 Å². The van der Waals surface area contributed by atoms with Crippen molar-refractivity contribution in [2.75, 3.05) is 5.32 Å². The van der Waals surface area contributed by atoms with Crippen LogP contribution in [0.25, 0.3) is 10.9 Å². The Balaban J connectivity index is 1.70. The van der Waals surface area contributed by atoms with Gasteiger partial charge in [-0.2, -0.15) is 4.72 Å². The Morgan fingerprint density at radius 2 is 1.49 bits per heavy atom. The Morgan fingerprint density at radius 3 is 2.11 bits per heavy atom. The molecule has 37 heavy (non-hydrogen) atoms. The third-order valence-corrected chi connectivity index (χ3v) is 7.68. The summed E-state index contributed by atoms with van der Waals surface area (Å²) < 4.78 is 31.5. The number of sulfonamides is 1. The highest BCUT2D eigenvalue weighted by atomic mass is 32.2. The molecule has 4 rings (SSSR count). The molecule has 0 saturated heterocycles. The third-order valence-electron chi connectivity index (χ3n) is 6.26. The molecule has 2 N–H and O–H groups in total. The van der Waals surface area contributed by atoms with Crippen LogP contribution in [0.5, 0.6) is 0 Å². The topological polar surface area (TPSA) is 119 Å². The average Bonchev–Trinajstić information content (AvgIpc) is 2.89. The molecule has 0 aliphatic carbocycles. The van der Waals surface area contributed by atoms with E-state index in [1.807, 2.05) is 12.1 Å². The Kier molecular flexibility index (Phi) is 7.15. The molecule has 0 aliphatic heterocycles. The van der Waals surface area contributed by atoms with Crippen molar-refractivity contribution in [1.29, 1.82) is 0 Å². The summed E-state index contributed by atoms with van der Waals surface area (Å²) >= 11 is 0. The van der Waals surface area contributed by atoms with E-state index in [1.54, 1.807) is 42.5 Å². The largest absolute Gasteiger partial charge is 0.330 e. The number of hydrogen-bond donors (Lipinski definition) is 2. The number of aromatic nitrogens is 2. The smallest absolute Gasteiger partial charge is 0.324 e. The molecule has 1 aromatic heterocycles. The van der Waals surface area contributed by atoms with Crippen molar-refractivity contribution < 1.29 is 13.2 Å². The van der Waals surface area contributed by atoms with Gasteiger partial charge in [0, 0.05) is 19.8 Å². The fourth-order valence-corrected chi connectivity index (χ4v) is 5.26. The van der Waals surface area contributed by atoms with Crippen LogP contribution in [-0.4, -0.2) is 23.5 Å². The first-order valence-electron chi connectivity index (χ1n) is 11.7. The van der Waals surface area contributed by atoms with E-state index in [4.69, 9.17) is 0 Å². The van der Waals surface area contributed by atoms with Gasteiger partial charge in [-0.05, 0) is 47.4 Å². The molecule has 1 atom stereocenters. The van der Waals surface area contributed by atoms with Gasteiger partial charge in [-0.3, -0.25) is 18.7 Å². The van der Waals surface area contributed by atoms with Gasteiger partial charge in [0.25, 0.3) is 5.56 Å². The number of carbonyl (C=O) groups excluding carboxylic acids is 1. The molecule has 9 nitrogen and oxygen atoms in total. The molecule has 0 saturated carbocycles.